The second-order valence-electron chi connectivity index (χ2n) is 9.81. The van der Waals surface area contributed by atoms with Gasteiger partial charge in [0.1, 0.15) is 37.8 Å². The van der Waals surface area contributed by atoms with E-state index in [1.807, 2.05) is 0 Å². The fourth-order valence-corrected chi connectivity index (χ4v) is 5.96. The number of carbonyl (C=O) groups is 4. The third-order valence-corrected chi connectivity index (χ3v) is 8.52. The van der Waals surface area contributed by atoms with Crippen molar-refractivity contribution in [1.29, 1.82) is 0 Å². The summed E-state index contributed by atoms with van der Waals surface area (Å²) in [5, 5.41) is 10.0. The van der Waals surface area contributed by atoms with Crippen LogP contribution in [-0.4, -0.2) is 109 Å². The van der Waals surface area contributed by atoms with Crippen LogP contribution < -0.4 is 10.6 Å². The standard InChI is InChI=1S/C26H28F3N7O10S2/c1-5-11-44-22(39)19-16(35-10-9-34(3)25(35)46-48(41,42)26(27,28)29)8-7-15-18(21(38)36(15)19)31-20(37)17(33-43-4)14-13-47-23(30-14)32-24(40)45-12-6-2/h5-6,9-10,13,15,18,25H,1-2,7-8,11-12H2,3-4H3,(H,31,37)(H,30,32,40). The summed E-state index contributed by atoms with van der Waals surface area (Å²) in [6.07, 6.45) is 2.24. The number of rotatable bonds is 13. The average Bonchev–Trinajstić information content (AvgIpc) is 3.64. The van der Waals surface area contributed by atoms with Crippen molar-refractivity contribution in [1.82, 2.24) is 25.0 Å². The van der Waals surface area contributed by atoms with E-state index < -0.39 is 63.6 Å². The second-order valence-corrected chi connectivity index (χ2v) is 12.2. The first kappa shape index (κ1) is 35.9. The molecule has 17 nitrogen and oxygen atoms in total. The number of aromatic nitrogens is 1. The van der Waals surface area contributed by atoms with E-state index in [9.17, 15) is 40.8 Å². The number of esters is 1. The normalized spacial score (nSPS) is 20.9. The highest BCUT2D eigenvalue weighted by Crippen LogP contribution is 2.41. The molecule has 4 rings (SSSR count). The van der Waals surface area contributed by atoms with E-state index >= 15 is 0 Å². The Hall–Kier alpha value is -4.96. The predicted molar refractivity (Wildman–Crippen MR) is 159 cm³/mol. The van der Waals surface area contributed by atoms with Gasteiger partial charge in [-0.25, -0.2) is 18.8 Å². The lowest BCUT2D eigenvalue weighted by Crippen LogP contribution is -2.72. The molecule has 260 valence electrons. The van der Waals surface area contributed by atoms with Crippen LogP contribution in [0.5, 0.6) is 0 Å². The summed E-state index contributed by atoms with van der Waals surface area (Å²) < 4.78 is 77.6. The molecular weight excluding hydrogens is 691 g/mol. The van der Waals surface area contributed by atoms with Gasteiger partial charge >= 0.3 is 27.7 Å². The number of β-lactam (4-membered cyclic amide) rings is 1. The van der Waals surface area contributed by atoms with Crippen molar-refractivity contribution >= 4 is 56.2 Å². The van der Waals surface area contributed by atoms with Gasteiger partial charge in [-0.05, 0) is 12.8 Å². The van der Waals surface area contributed by atoms with E-state index in [2.05, 4.69) is 38.1 Å². The van der Waals surface area contributed by atoms with Gasteiger partial charge in [-0.1, -0.05) is 30.5 Å². The number of ether oxygens (including phenoxy) is 2. The number of halogens is 3. The lowest BCUT2D eigenvalue weighted by Gasteiger charge is -2.51. The molecule has 3 aliphatic heterocycles. The van der Waals surface area contributed by atoms with E-state index in [-0.39, 0.29) is 48.3 Å². The van der Waals surface area contributed by atoms with Gasteiger partial charge in [-0.15, -0.1) is 11.3 Å². The van der Waals surface area contributed by atoms with Crippen molar-refractivity contribution in [2.45, 2.75) is 36.8 Å². The number of oxime groups is 1. The van der Waals surface area contributed by atoms with Crippen molar-refractivity contribution in [2.75, 3.05) is 32.7 Å². The van der Waals surface area contributed by atoms with E-state index in [4.69, 9.17) is 14.3 Å². The molecule has 1 aromatic rings. The van der Waals surface area contributed by atoms with Crippen molar-refractivity contribution < 1.29 is 59.3 Å². The Morgan fingerprint density at radius 3 is 2.52 bits per heavy atom. The van der Waals surface area contributed by atoms with Gasteiger partial charge in [-0.3, -0.25) is 19.8 Å². The number of nitrogens with one attached hydrogen (secondary N) is 2. The maximum atomic E-state index is 13.5. The maximum absolute atomic E-state index is 13.5. The molecule has 0 bridgehead atoms. The van der Waals surface area contributed by atoms with Crippen LogP contribution in [0.4, 0.5) is 23.1 Å². The monoisotopic (exact) mass is 719 g/mol. The van der Waals surface area contributed by atoms with Gasteiger partial charge in [0.15, 0.2) is 10.8 Å². The molecule has 3 atom stereocenters. The highest BCUT2D eigenvalue weighted by atomic mass is 32.2. The van der Waals surface area contributed by atoms with Crippen LogP contribution in [0.1, 0.15) is 18.5 Å². The highest BCUT2D eigenvalue weighted by Gasteiger charge is 2.56. The Labute approximate surface area is 275 Å². The van der Waals surface area contributed by atoms with Crippen LogP contribution in [0.25, 0.3) is 0 Å². The zero-order valence-corrected chi connectivity index (χ0v) is 26.8. The van der Waals surface area contributed by atoms with Gasteiger partial charge in [0.2, 0.25) is 6.35 Å². The summed E-state index contributed by atoms with van der Waals surface area (Å²) in [4.78, 5) is 63.7. The fraction of sp³-hybridized carbons (Fsp3) is 0.385. The first-order valence-electron chi connectivity index (χ1n) is 13.6. The second kappa shape index (κ2) is 14.4. The summed E-state index contributed by atoms with van der Waals surface area (Å²) in [5.41, 5.74) is -6.59. The molecule has 1 aromatic heterocycles. The van der Waals surface area contributed by atoms with E-state index in [1.165, 1.54) is 37.0 Å². The first-order chi connectivity index (χ1) is 22.6. The SMILES string of the molecule is C=CCOC(=O)Nc1nc(C(=NOC)C(=O)NC2C(=O)N3C(C(=O)OCC=C)=C(N4C=CN(C)C4OS(=O)(=O)C(F)(F)F)CCC23)cs1. The van der Waals surface area contributed by atoms with E-state index in [0.29, 0.717) is 0 Å². The van der Waals surface area contributed by atoms with Crippen LogP contribution in [0.2, 0.25) is 0 Å². The molecule has 48 heavy (non-hydrogen) atoms. The van der Waals surface area contributed by atoms with Crippen molar-refractivity contribution in [3.05, 3.63) is 60.2 Å². The zero-order valence-electron chi connectivity index (χ0n) is 25.1. The number of nitrogens with zero attached hydrogens (tertiary/aromatic N) is 5. The number of fused-ring (bicyclic) bond motifs is 1. The van der Waals surface area contributed by atoms with Crippen LogP contribution in [0, 0.1) is 0 Å². The van der Waals surface area contributed by atoms with Crippen LogP contribution in [0.3, 0.4) is 0 Å². The number of alkyl halides is 3. The Morgan fingerprint density at radius 1 is 1.19 bits per heavy atom. The van der Waals surface area contributed by atoms with Gasteiger partial charge < -0.3 is 29.4 Å². The molecular formula is C26H28F3N7O10S2. The predicted octanol–water partition coefficient (Wildman–Crippen LogP) is 1.53. The Morgan fingerprint density at radius 2 is 1.88 bits per heavy atom. The summed E-state index contributed by atoms with van der Waals surface area (Å²) in [7, 11) is -3.68. The molecule has 0 spiro atoms. The third kappa shape index (κ3) is 7.28. The molecule has 0 saturated carbocycles. The summed E-state index contributed by atoms with van der Waals surface area (Å²) in [5.74, 6) is -2.76. The smallest absolute Gasteiger partial charge is 0.457 e. The quantitative estimate of drug-likeness (QED) is 0.0567. The molecule has 0 aliphatic carbocycles. The maximum Gasteiger partial charge on any atom is 0.523 e. The zero-order chi connectivity index (χ0) is 35.4. The lowest BCUT2D eigenvalue weighted by molar-refractivity contribution is -0.157. The summed E-state index contributed by atoms with van der Waals surface area (Å²) in [6, 6.07) is -2.04. The van der Waals surface area contributed by atoms with Gasteiger partial charge in [0.25, 0.3) is 11.8 Å². The third-order valence-electron chi connectivity index (χ3n) is 6.77. The Kier molecular flexibility index (Phi) is 10.8. The van der Waals surface area contributed by atoms with Crippen molar-refractivity contribution in [3.8, 4) is 0 Å². The van der Waals surface area contributed by atoms with Crippen molar-refractivity contribution in [2.24, 2.45) is 5.16 Å². The molecule has 3 amide bonds. The number of thiazole rings is 1. The van der Waals surface area contributed by atoms with Gasteiger partial charge in [0, 0.05) is 24.8 Å². The Bertz CT molecular complexity index is 1690. The van der Waals surface area contributed by atoms with Crippen molar-refractivity contribution in [3.63, 3.8) is 0 Å². The summed E-state index contributed by atoms with van der Waals surface area (Å²) in [6.45, 7) is 6.53. The fourth-order valence-electron chi connectivity index (χ4n) is 4.72. The van der Waals surface area contributed by atoms with Gasteiger partial charge in [-0.2, -0.15) is 21.6 Å². The van der Waals surface area contributed by atoms with Gasteiger partial charge in [0.05, 0.1) is 11.7 Å². The van der Waals surface area contributed by atoms with Crippen LogP contribution in [-0.2, 0) is 43.0 Å². The molecule has 1 fully saturated rings. The average molecular weight is 720 g/mol. The van der Waals surface area contributed by atoms with Crippen LogP contribution >= 0.6 is 11.3 Å². The first-order valence-corrected chi connectivity index (χ1v) is 15.9. The topological polar surface area (TPSA) is 198 Å². The molecule has 1 saturated heterocycles. The number of hydrogen-bond donors (Lipinski definition) is 2. The molecule has 3 unspecified atom stereocenters. The number of amides is 3. The summed E-state index contributed by atoms with van der Waals surface area (Å²) >= 11 is 0.939. The molecule has 0 aromatic carbocycles. The number of hydrogen-bond acceptors (Lipinski definition) is 15. The largest absolute Gasteiger partial charge is 0.523 e. The minimum atomic E-state index is -6.08. The Balaban J connectivity index is 1.58. The lowest BCUT2D eigenvalue weighted by atomic mass is 9.84. The number of anilines is 1. The molecule has 4 heterocycles. The number of carbonyl (C=O) groups excluding carboxylic acids is 4. The van der Waals surface area contributed by atoms with Crippen LogP contribution in [0.15, 0.2) is 59.6 Å². The minimum Gasteiger partial charge on any atom is -0.457 e. The minimum absolute atomic E-state index is 0.0219. The highest BCUT2D eigenvalue weighted by molar-refractivity contribution is 7.87. The molecule has 3 aliphatic rings. The number of allylic oxidation sites excluding steroid dienone is 1. The molecule has 0 radical (unpaired) electrons. The van der Waals surface area contributed by atoms with E-state index in [1.54, 1.807) is 0 Å². The molecule has 2 N–H and O–H groups in total. The van der Waals surface area contributed by atoms with E-state index in [0.717, 1.165) is 33.1 Å². The molecule has 22 heteroatoms.